The summed E-state index contributed by atoms with van der Waals surface area (Å²) in [5.41, 5.74) is 6.98. The predicted molar refractivity (Wildman–Crippen MR) is 94.3 cm³/mol. The molecule has 4 nitrogen and oxygen atoms in total. The zero-order chi connectivity index (χ0) is 18.5. The summed E-state index contributed by atoms with van der Waals surface area (Å²) in [4.78, 5) is 16.0. The third kappa shape index (κ3) is 2.67. The lowest BCUT2D eigenvalue weighted by molar-refractivity contribution is -0.138. The van der Waals surface area contributed by atoms with Crippen molar-refractivity contribution in [2.24, 2.45) is 5.73 Å². The Bertz CT molecular complexity index is 1140. The second-order valence-electron chi connectivity index (χ2n) is 5.80. The summed E-state index contributed by atoms with van der Waals surface area (Å²) < 4.78 is 42.4. The minimum Gasteiger partial charge on any atom is -0.326 e. The lowest BCUT2D eigenvalue weighted by Gasteiger charge is -2.12. The van der Waals surface area contributed by atoms with Crippen molar-refractivity contribution in [3.63, 3.8) is 0 Å². The van der Waals surface area contributed by atoms with Gasteiger partial charge >= 0.3 is 6.18 Å². The molecule has 0 fully saturated rings. The van der Waals surface area contributed by atoms with Crippen LogP contribution in [-0.4, -0.2) is 15.7 Å². The molecule has 2 heterocycles. The van der Waals surface area contributed by atoms with Crippen molar-refractivity contribution in [3.8, 4) is 11.3 Å². The molecule has 0 aliphatic rings. The zero-order valence-electron chi connectivity index (χ0n) is 13.2. The maximum Gasteiger partial charge on any atom is 0.416 e. The monoisotopic (exact) mass is 375 g/mol. The minimum atomic E-state index is -4.47. The fraction of sp³-hybridized carbons (Fsp3) is 0.111. The fourth-order valence-electron chi connectivity index (χ4n) is 2.91. The number of carbonyl (C=O) groups is 1. The van der Waals surface area contributed by atoms with Gasteiger partial charge in [-0.1, -0.05) is 23.5 Å². The average Bonchev–Trinajstić information content (AvgIpc) is 3.17. The highest BCUT2D eigenvalue weighted by molar-refractivity contribution is 7.23. The van der Waals surface area contributed by atoms with Crippen molar-refractivity contribution in [3.05, 3.63) is 59.3 Å². The number of hydrogen-bond donors (Lipinski definition) is 1. The molecule has 8 heteroatoms. The van der Waals surface area contributed by atoms with Crippen molar-refractivity contribution in [1.29, 1.82) is 0 Å². The molecule has 0 saturated heterocycles. The number of aromatic nitrogens is 2. The van der Waals surface area contributed by atoms with Gasteiger partial charge in [0.1, 0.15) is 6.29 Å². The first kappa shape index (κ1) is 16.7. The molecule has 2 N–H and O–H groups in total. The van der Waals surface area contributed by atoms with Gasteiger partial charge in [0.25, 0.3) is 0 Å². The molecule has 26 heavy (non-hydrogen) atoms. The number of nitrogens with two attached hydrogens (primary N) is 1. The molecule has 2 aromatic carbocycles. The number of nitrogens with zero attached hydrogens (tertiary/aromatic N) is 2. The largest absolute Gasteiger partial charge is 0.416 e. The molecule has 4 rings (SSSR count). The zero-order valence-corrected chi connectivity index (χ0v) is 14.1. The van der Waals surface area contributed by atoms with E-state index in [1.807, 2.05) is 4.40 Å². The fourth-order valence-corrected chi connectivity index (χ4v) is 3.96. The summed E-state index contributed by atoms with van der Waals surface area (Å²) in [6.07, 6.45) is -2.00. The van der Waals surface area contributed by atoms with E-state index in [2.05, 4.69) is 4.98 Å². The van der Waals surface area contributed by atoms with Gasteiger partial charge in [-0.25, -0.2) is 4.98 Å². The van der Waals surface area contributed by atoms with Crippen molar-refractivity contribution in [1.82, 2.24) is 9.38 Å². The third-order valence-electron chi connectivity index (χ3n) is 4.19. The van der Waals surface area contributed by atoms with Crippen molar-refractivity contribution in [2.75, 3.05) is 0 Å². The number of imidazole rings is 1. The number of thiazole rings is 1. The Morgan fingerprint density at radius 1 is 1.19 bits per heavy atom. The SMILES string of the molecule is NCc1ccc(-c2cn3c(n2)sc2cc(C=O)ccc23)cc1C(F)(F)F. The van der Waals surface area contributed by atoms with Gasteiger partial charge in [0.15, 0.2) is 4.96 Å². The summed E-state index contributed by atoms with van der Waals surface area (Å²) in [7, 11) is 0. The quantitative estimate of drug-likeness (QED) is 0.536. The molecule has 0 aliphatic carbocycles. The van der Waals surface area contributed by atoms with E-state index in [1.165, 1.54) is 17.4 Å². The molecule has 0 bridgehead atoms. The van der Waals surface area contributed by atoms with Crippen LogP contribution in [0.1, 0.15) is 21.5 Å². The number of carbonyl (C=O) groups excluding carboxylic acids is 1. The standard InChI is InChI=1S/C18H12F3N3OS/c19-18(20,21)13-6-11(2-3-12(13)7-22)14-8-24-15-4-1-10(9-25)5-16(15)26-17(24)23-14/h1-6,8-9H,7,22H2. The Labute approximate surface area is 149 Å². The van der Waals surface area contributed by atoms with Crippen LogP contribution in [0.4, 0.5) is 13.2 Å². The highest BCUT2D eigenvalue weighted by Gasteiger charge is 2.33. The van der Waals surface area contributed by atoms with Crippen LogP contribution in [0.25, 0.3) is 26.4 Å². The minimum absolute atomic E-state index is 0.0501. The van der Waals surface area contributed by atoms with E-state index < -0.39 is 11.7 Å². The maximum atomic E-state index is 13.2. The van der Waals surface area contributed by atoms with Gasteiger partial charge in [-0.05, 0) is 29.8 Å². The van der Waals surface area contributed by atoms with Crippen LogP contribution >= 0.6 is 11.3 Å². The second-order valence-corrected chi connectivity index (χ2v) is 6.81. The van der Waals surface area contributed by atoms with Crippen LogP contribution < -0.4 is 5.73 Å². The number of fused-ring (bicyclic) bond motifs is 3. The third-order valence-corrected chi connectivity index (χ3v) is 5.20. The van der Waals surface area contributed by atoms with Crippen LogP contribution in [0, 0.1) is 0 Å². The number of rotatable bonds is 3. The molecule has 0 amide bonds. The first-order valence-electron chi connectivity index (χ1n) is 7.68. The molecule has 0 unspecified atom stereocenters. The predicted octanol–water partition coefficient (Wildman–Crippen LogP) is 4.51. The van der Waals surface area contributed by atoms with E-state index in [1.54, 1.807) is 30.5 Å². The van der Waals surface area contributed by atoms with Crippen molar-refractivity contribution in [2.45, 2.75) is 12.7 Å². The molecule has 0 aliphatic heterocycles. The van der Waals surface area contributed by atoms with Gasteiger partial charge in [-0.15, -0.1) is 0 Å². The van der Waals surface area contributed by atoms with E-state index in [0.29, 0.717) is 21.8 Å². The second kappa shape index (κ2) is 5.93. The Hall–Kier alpha value is -2.71. The Morgan fingerprint density at radius 2 is 2.00 bits per heavy atom. The van der Waals surface area contributed by atoms with Crippen molar-refractivity contribution < 1.29 is 18.0 Å². The molecule has 0 saturated carbocycles. The smallest absolute Gasteiger partial charge is 0.326 e. The van der Waals surface area contributed by atoms with Gasteiger partial charge in [0, 0.05) is 23.9 Å². The molecule has 0 atom stereocenters. The van der Waals surface area contributed by atoms with E-state index in [-0.39, 0.29) is 12.1 Å². The summed E-state index contributed by atoms with van der Waals surface area (Å²) >= 11 is 1.37. The number of benzene rings is 2. The van der Waals surface area contributed by atoms with Crippen LogP contribution in [0.2, 0.25) is 0 Å². The Kier molecular flexibility index (Phi) is 3.82. The number of aldehydes is 1. The topological polar surface area (TPSA) is 60.4 Å². The van der Waals surface area contributed by atoms with E-state index in [9.17, 15) is 18.0 Å². The number of alkyl halides is 3. The molecular weight excluding hydrogens is 363 g/mol. The lowest BCUT2D eigenvalue weighted by Crippen LogP contribution is -2.12. The summed E-state index contributed by atoms with van der Waals surface area (Å²) in [5.74, 6) is 0. The number of halogens is 3. The normalized spacial score (nSPS) is 12.2. The highest BCUT2D eigenvalue weighted by atomic mass is 32.1. The van der Waals surface area contributed by atoms with Crippen LogP contribution in [0.3, 0.4) is 0 Å². The van der Waals surface area contributed by atoms with Gasteiger partial charge < -0.3 is 5.73 Å². The Balaban J connectivity index is 1.85. The molecule has 0 radical (unpaired) electrons. The van der Waals surface area contributed by atoms with Crippen LogP contribution in [-0.2, 0) is 12.7 Å². The van der Waals surface area contributed by atoms with E-state index in [0.717, 1.165) is 22.6 Å². The summed E-state index contributed by atoms with van der Waals surface area (Å²) in [6.45, 7) is -0.183. The first-order chi connectivity index (χ1) is 12.4. The summed E-state index contributed by atoms with van der Waals surface area (Å²) in [5, 5.41) is 0. The number of hydrogen-bond acceptors (Lipinski definition) is 4. The van der Waals surface area contributed by atoms with Gasteiger partial charge in [0.2, 0.25) is 0 Å². The first-order valence-corrected chi connectivity index (χ1v) is 8.50. The Morgan fingerprint density at radius 3 is 2.69 bits per heavy atom. The average molecular weight is 375 g/mol. The molecule has 132 valence electrons. The molecular formula is C18H12F3N3OS. The van der Waals surface area contributed by atoms with E-state index >= 15 is 0 Å². The maximum absolute atomic E-state index is 13.2. The molecule has 2 aromatic heterocycles. The summed E-state index contributed by atoms with van der Waals surface area (Å²) in [6, 6.07) is 9.32. The highest BCUT2D eigenvalue weighted by Crippen LogP contribution is 2.36. The molecule has 4 aromatic rings. The van der Waals surface area contributed by atoms with Gasteiger partial charge in [-0.2, -0.15) is 13.2 Å². The van der Waals surface area contributed by atoms with Crippen LogP contribution in [0.15, 0.2) is 42.6 Å². The van der Waals surface area contributed by atoms with Crippen molar-refractivity contribution >= 4 is 32.8 Å². The van der Waals surface area contributed by atoms with Crippen LogP contribution in [0.5, 0.6) is 0 Å². The van der Waals surface area contributed by atoms with E-state index in [4.69, 9.17) is 5.73 Å². The molecule has 0 spiro atoms. The lowest BCUT2D eigenvalue weighted by atomic mass is 10.0. The van der Waals surface area contributed by atoms with Gasteiger partial charge in [0.05, 0.1) is 21.5 Å². The van der Waals surface area contributed by atoms with Gasteiger partial charge in [-0.3, -0.25) is 9.20 Å².